The van der Waals surface area contributed by atoms with Crippen molar-refractivity contribution in [2.24, 2.45) is 0 Å². The summed E-state index contributed by atoms with van der Waals surface area (Å²) in [5.74, 6) is 0.185. The Balaban J connectivity index is 0.852. The Hall–Kier alpha value is -9.50. The molecule has 10 aromatic carbocycles. The first kappa shape index (κ1) is 45.1. The highest BCUT2D eigenvalue weighted by atomic mass is 15.1. The first-order valence-electron chi connectivity index (χ1n) is 26.5. The molecule has 2 nitrogen and oxygen atoms in total. The van der Waals surface area contributed by atoms with Gasteiger partial charge >= 0.3 is 0 Å². The minimum atomic E-state index is -0.450. The summed E-state index contributed by atoms with van der Waals surface area (Å²) in [7, 11) is 0. The Morgan fingerprint density at radius 3 is 1.66 bits per heavy atom. The number of nitrogens with zero attached hydrogens (tertiary/aromatic N) is 1. The lowest BCUT2D eigenvalue weighted by Gasteiger charge is -2.37. The number of para-hydroxylation sites is 1. The van der Waals surface area contributed by atoms with Gasteiger partial charge in [-0.1, -0.05) is 243 Å². The number of hydrogen-bond acceptors (Lipinski definition) is 2. The second-order valence-electron chi connectivity index (χ2n) is 20.5. The van der Waals surface area contributed by atoms with Crippen molar-refractivity contribution in [2.75, 3.05) is 10.2 Å². The van der Waals surface area contributed by atoms with Gasteiger partial charge in [0, 0.05) is 40.3 Å². The van der Waals surface area contributed by atoms with E-state index in [9.17, 15) is 0 Å². The van der Waals surface area contributed by atoms with Gasteiger partial charge in [0.1, 0.15) is 0 Å². The Kier molecular flexibility index (Phi) is 11.0. The summed E-state index contributed by atoms with van der Waals surface area (Å²) in [6.45, 7) is 4.75. The van der Waals surface area contributed by atoms with Crippen LogP contribution in [0.15, 0.2) is 309 Å². The quantitative estimate of drug-likeness (QED) is 0.155. The summed E-state index contributed by atoms with van der Waals surface area (Å²) >= 11 is 0. The zero-order chi connectivity index (χ0) is 50.6. The van der Waals surface area contributed by atoms with Crippen molar-refractivity contribution in [1.29, 1.82) is 0 Å². The van der Waals surface area contributed by atoms with E-state index in [0.717, 1.165) is 56.9 Å². The molecule has 76 heavy (non-hydrogen) atoms. The largest absolute Gasteiger partial charge is 0.355 e. The number of rotatable bonds is 9. The standard InChI is InChI=1S/C74H54N2/c1-51-47-54(45-46-76(72-38-22-19-33-61(51)72)60-41-43-70-66(50-60)63-35-18-21-37-68(63)74(70,57-29-13-5-14-30-57)58-31-15-6-16-32-58)53-39-44-71(64(48-53)52-23-7-2-8-24-52)75-59-40-42-69-65(49-59)62-34-17-20-36-67(62)73(69,55-25-9-3-10-26-55)56-27-11-4-12-28-56/h2-49,66,75H,1,50H2/b46-45-,54-47+. The van der Waals surface area contributed by atoms with Crippen LogP contribution in [0.25, 0.3) is 33.4 Å². The molecule has 0 amide bonds. The van der Waals surface area contributed by atoms with Crippen molar-refractivity contribution in [1.82, 2.24) is 0 Å². The maximum Gasteiger partial charge on any atom is 0.0713 e. The Morgan fingerprint density at radius 1 is 0.434 bits per heavy atom. The van der Waals surface area contributed by atoms with Crippen molar-refractivity contribution in [3.8, 4) is 22.3 Å². The fraction of sp³-hybridized carbons (Fsp3) is 0.0541. The molecule has 0 aromatic heterocycles. The minimum Gasteiger partial charge on any atom is -0.355 e. The zero-order valence-electron chi connectivity index (χ0n) is 42.2. The van der Waals surface area contributed by atoms with Crippen LogP contribution < -0.4 is 10.2 Å². The van der Waals surface area contributed by atoms with E-state index in [1.165, 1.54) is 66.9 Å². The van der Waals surface area contributed by atoms with Gasteiger partial charge in [0.15, 0.2) is 0 Å². The van der Waals surface area contributed by atoms with E-state index in [0.29, 0.717) is 0 Å². The molecule has 4 aliphatic rings. The number of anilines is 3. The van der Waals surface area contributed by atoms with Gasteiger partial charge in [0.25, 0.3) is 0 Å². The highest BCUT2D eigenvalue weighted by Gasteiger charge is 2.51. The van der Waals surface area contributed by atoms with Gasteiger partial charge < -0.3 is 10.2 Å². The second kappa shape index (κ2) is 18.5. The molecule has 1 aliphatic heterocycles. The third-order valence-corrected chi connectivity index (χ3v) is 16.6. The van der Waals surface area contributed by atoms with Gasteiger partial charge in [-0.25, -0.2) is 0 Å². The molecule has 0 fully saturated rings. The average molecular weight is 971 g/mol. The lowest BCUT2D eigenvalue weighted by atomic mass is 9.66. The summed E-state index contributed by atoms with van der Waals surface area (Å²) in [4.78, 5) is 2.42. The van der Waals surface area contributed by atoms with E-state index in [1.807, 2.05) is 0 Å². The molecule has 10 aromatic rings. The van der Waals surface area contributed by atoms with E-state index < -0.39 is 10.8 Å². The molecule has 0 bridgehead atoms. The summed E-state index contributed by atoms with van der Waals surface area (Å²) < 4.78 is 0. The summed E-state index contributed by atoms with van der Waals surface area (Å²) in [5.41, 5.74) is 24.5. The van der Waals surface area contributed by atoms with Crippen LogP contribution in [-0.4, -0.2) is 0 Å². The predicted octanol–water partition coefficient (Wildman–Crippen LogP) is 18.2. The third-order valence-electron chi connectivity index (χ3n) is 16.6. The van der Waals surface area contributed by atoms with Crippen LogP contribution in [0.2, 0.25) is 0 Å². The summed E-state index contributed by atoms with van der Waals surface area (Å²) in [5, 5.41) is 3.94. The number of nitrogens with one attached hydrogen (secondary N) is 1. The van der Waals surface area contributed by atoms with Crippen molar-refractivity contribution < 1.29 is 0 Å². The van der Waals surface area contributed by atoms with Crippen LogP contribution in [0.1, 0.15) is 68.0 Å². The fourth-order valence-corrected chi connectivity index (χ4v) is 13.3. The van der Waals surface area contributed by atoms with Crippen LogP contribution in [0.4, 0.5) is 17.1 Å². The molecule has 2 heteroatoms. The van der Waals surface area contributed by atoms with E-state index in [4.69, 9.17) is 6.58 Å². The first-order valence-corrected chi connectivity index (χ1v) is 26.5. The Morgan fingerprint density at radius 2 is 0.987 bits per heavy atom. The van der Waals surface area contributed by atoms with Crippen LogP contribution in [0.5, 0.6) is 0 Å². The summed E-state index contributed by atoms with van der Waals surface area (Å²) in [6, 6.07) is 95.6. The van der Waals surface area contributed by atoms with Gasteiger partial charge in [0.05, 0.1) is 16.5 Å². The molecule has 0 saturated heterocycles. The van der Waals surface area contributed by atoms with Gasteiger partial charge in [-0.15, -0.1) is 0 Å². The van der Waals surface area contributed by atoms with Crippen LogP contribution in [0.3, 0.4) is 0 Å². The molecule has 3 aliphatic carbocycles. The molecule has 1 atom stereocenters. The highest BCUT2D eigenvalue weighted by molar-refractivity contribution is 5.95. The van der Waals surface area contributed by atoms with Crippen LogP contribution in [0, 0.1) is 0 Å². The van der Waals surface area contributed by atoms with E-state index in [-0.39, 0.29) is 5.92 Å². The van der Waals surface area contributed by atoms with Crippen LogP contribution >= 0.6 is 0 Å². The van der Waals surface area contributed by atoms with Crippen molar-refractivity contribution in [2.45, 2.75) is 23.2 Å². The topological polar surface area (TPSA) is 15.3 Å². The molecule has 1 heterocycles. The number of hydrogen-bond donors (Lipinski definition) is 1. The average Bonchev–Trinajstić information content (AvgIpc) is 4.19. The van der Waals surface area contributed by atoms with E-state index in [1.54, 1.807) is 0 Å². The number of allylic oxidation sites excluding steroid dienone is 8. The third kappa shape index (κ3) is 7.09. The Bertz CT molecular complexity index is 3920. The normalized spacial score (nSPS) is 17.5. The number of fused-ring (bicyclic) bond motifs is 7. The number of benzene rings is 10. The molecule has 14 rings (SSSR count). The highest BCUT2D eigenvalue weighted by Crippen LogP contribution is 2.61. The van der Waals surface area contributed by atoms with Crippen molar-refractivity contribution >= 4 is 28.2 Å². The minimum absolute atomic E-state index is 0.185. The maximum atomic E-state index is 4.75. The molecule has 0 spiro atoms. The molecule has 0 saturated carbocycles. The SMILES string of the molecule is C=C1/C=C(c2ccc(Nc3ccc4c(c3)-c3ccccc3C4(c3ccccc3)c3ccccc3)c(-c3ccccc3)c2)\C=C/N(C2=CC=C3C(C2)c2ccccc2C3(c2ccccc2)c2ccccc2)c2ccccc21. The zero-order valence-corrected chi connectivity index (χ0v) is 42.2. The Labute approximate surface area is 446 Å². The lowest BCUT2D eigenvalue weighted by Crippen LogP contribution is -2.30. The molecule has 1 unspecified atom stereocenters. The van der Waals surface area contributed by atoms with Crippen molar-refractivity contribution in [3.63, 3.8) is 0 Å². The summed E-state index contributed by atoms with van der Waals surface area (Å²) in [6.07, 6.45) is 12.5. The lowest BCUT2D eigenvalue weighted by molar-refractivity contribution is 0.676. The van der Waals surface area contributed by atoms with Gasteiger partial charge in [0.2, 0.25) is 0 Å². The fourth-order valence-electron chi connectivity index (χ4n) is 13.3. The molecule has 1 N–H and O–H groups in total. The van der Waals surface area contributed by atoms with Gasteiger partial charge in [-0.2, -0.15) is 0 Å². The van der Waals surface area contributed by atoms with Crippen LogP contribution in [-0.2, 0) is 10.8 Å². The van der Waals surface area contributed by atoms with Gasteiger partial charge in [-0.05, 0) is 138 Å². The smallest absolute Gasteiger partial charge is 0.0713 e. The molecular formula is C74H54N2. The first-order chi connectivity index (χ1) is 37.6. The van der Waals surface area contributed by atoms with Gasteiger partial charge in [-0.3, -0.25) is 0 Å². The second-order valence-corrected chi connectivity index (χ2v) is 20.5. The van der Waals surface area contributed by atoms with E-state index in [2.05, 4.69) is 302 Å². The monoisotopic (exact) mass is 970 g/mol. The molecular weight excluding hydrogens is 917 g/mol. The van der Waals surface area contributed by atoms with Crippen molar-refractivity contribution in [3.05, 3.63) is 365 Å². The molecule has 0 radical (unpaired) electrons. The van der Waals surface area contributed by atoms with E-state index >= 15 is 0 Å². The maximum absolute atomic E-state index is 4.75. The predicted molar refractivity (Wildman–Crippen MR) is 317 cm³/mol. The molecule has 360 valence electrons.